The summed E-state index contributed by atoms with van der Waals surface area (Å²) in [7, 11) is 0. The SMILES string of the molecule is CCCCOc1cccc(CN=C(NCC)NCc2ccccn2)c1. The number of benzene rings is 1. The van der Waals surface area contributed by atoms with E-state index in [9.17, 15) is 0 Å². The maximum Gasteiger partial charge on any atom is 0.191 e. The zero-order chi connectivity index (χ0) is 17.7. The van der Waals surface area contributed by atoms with Gasteiger partial charge in [0.2, 0.25) is 0 Å². The minimum Gasteiger partial charge on any atom is -0.494 e. The summed E-state index contributed by atoms with van der Waals surface area (Å²) in [5, 5.41) is 6.57. The van der Waals surface area contributed by atoms with Gasteiger partial charge in [0, 0.05) is 12.7 Å². The molecule has 1 aromatic carbocycles. The molecule has 0 aliphatic heterocycles. The third-order valence-electron chi connectivity index (χ3n) is 3.59. The molecular weight excluding hydrogens is 312 g/mol. The van der Waals surface area contributed by atoms with Crippen LogP contribution in [0, 0.1) is 0 Å². The molecule has 0 aliphatic rings. The molecule has 5 nitrogen and oxygen atoms in total. The molecule has 0 fully saturated rings. The highest BCUT2D eigenvalue weighted by atomic mass is 16.5. The molecule has 0 unspecified atom stereocenters. The van der Waals surface area contributed by atoms with Gasteiger partial charge >= 0.3 is 0 Å². The van der Waals surface area contributed by atoms with Gasteiger partial charge in [0.05, 0.1) is 25.4 Å². The number of nitrogens with one attached hydrogen (secondary N) is 2. The van der Waals surface area contributed by atoms with Crippen LogP contribution in [0.15, 0.2) is 53.7 Å². The van der Waals surface area contributed by atoms with Gasteiger partial charge in [-0.1, -0.05) is 31.5 Å². The first kappa shape index (κ1) is 18.8. The highest BCUT2D eigenvalue weighted by molar-refractivity contribution is 5.79. The van der Waals surface area contributed by atoms with Gasteiger partial charge in [0.1, 0.15) is 5.75 Å². The largest absolute Gasteiger partial charge is 0.494 e. The lowest BCUT2D eigenvalue weighted by molar-refractivity contribution is 0.309. The Labute approximate surface area is 150 Å². The summed E-state index contributed by atoms with van der Waals surface area (Å²) in [6, 6.07) is 14.0. The minimum absolute atomic E-state index is 0.600. The van der Waals surface area contributed by atoms with Gasteiger partial charge in [-0.05, 0) is 43.2 Å². The van der Waals surface area contributed by atoms with E-state index in [0.717, 1.165) is 49.0 Å². The van der Waals surface area contributed by atoms with Crippen LogP contribution in [0.4, 0.5) is 0 Å². The third-order valence-corrected chi connectivity index (χ3v) is 3.59. The van der Waals surface area contributed by atoms with E-state index >= 15 is 0 Å². The van der Waals surface area contributed by atoms with Crippen molar-refractivity contribution in [1.82, 2.24) is 15.6 Å². The van der Waals surface area contributed by atoms with E-state index in [1.165, 1.54) is 0 Å². The van der Waals surface area contributed by atoms with E-state index in [0.29, 0.717) is 13.1 Å². The Kier molecular flexibility index (Phi) is 8.32. The monoisotopic (exact) mass is 340 g/mol. The van der Waals surface area contributed by atoms with Crippen LogP contribution in [-0.2, 0) is 13.1 Å². The quantitative estimate of drug-likeness (QED) is 0.417. The van der Waals surface area contributed by atoms with Crippen LogP contribution in [0.2, 0.25) is 0 Å². The maximum atomic E-state index is 5.76. The van der Waals surface area contributed by atoms with Crippen molar-refractivity contribution in [3.8, 4) is 5.75 Å². The van der Waals surface area contributed by atoms with E-state index < -0.39 is 0 Å². The average molecular weight is 340 g/mol. The molecule has 25 heavy (non-hydrogen) atoms. The van der Waals surface area contributed by atoms with Gasteiger partial charge in [0.15, 0.2) is 5.96 Å². The molecule has 0 radical (unpaired) electrons. The Morgan fingerprint density at radius 2 is 2.04 bits per heavy atom. The number of ether oxygens (including phenoxy) is 1. The Bertz CT molecular complexity index is 643. The molecule has 2 rings (SSSR count). The second-order valence-electron chi connectivity index (χ2n) is 5.72. The van der Waals surface area contributed by atoms with E-state index in [2.05, 4.69) is 46.6 Å². The van der Waals surface area contributed by atoms with Gasteiger partial charge in [-0.2, -0.15) is 0 Å². The van der Waals surface area contributed by atoms with Crippen molar-refractivity contribution in [2.24, 2.45) is 4.99 Å². The van der Waals surface area contributed by atoms with Gasteiger partial charge in [-0.3, -0.25) is 4.98 Å². The van der Waals surface area contributed by atoms with Crippen LogP contribution in [0.5, 0.6) is 5.75 Å². The molecule has 1 aromatic heterocycles. The second-order valence-corrected chi connectivity index (χ2v) is 5.72. The van der Waals surface area contributed by atoms with E-state index in [1.54, 1.807) is 6.20 Å². The van der Waals surface area contributed by atoms with Crippen molar-refractivity contribution >= 4 is 5.96 Å². The molecule has 134 valence electrons. The first-order valence-electron chi connectivity index (χ1n) is 8.95. The van der Waals surface area contributed by atoms with Crippen molar-refractivity contribution in [2.75, 3.05) is 13.2 Å². The summed E-state index contributed by atoms with van der Waals surface area (Å²) in [5.74, 6) is 1.69. The summed E-state index contributed by atoms with van der Waals surface area (Å²) >= 11 is 0. The summed E-state index contributed by atoms with van der Waals surface area (Å²) < 4.78 is 5.76. The topological polar surface area (TPSA) is 58.5 Å². The van der Waals surface area contributed by atoms with E-state index in [4.69, 9.17) is 4.74 Å². The number of aliphatic imine (C=N–C) groups is 1. The summed E-state index contributed by atoms with van der Waals surface area (Å²) in [6.07, 6.45) is 4.01. The van der Waals surface area contributed by atoms with Crippen molar-refractivity contribution in [1.29, 1.82) is 0 Å². The lowest BCUT2D eigenvalue weighted by atomic mass is 10.2. The molecule has 2 N–H and O–H groups in total. The van der Waals surface area contributed by atoms with Crippen LogP contribution in [0.25, 0.3) is 0 Å². The lowest BCUT2D eigenvalue weighted by Gasteiger charge is -2.11. The van der Waals surface area contributed by atoms with Gasteiger partial charge in [0.25, 0.3) is 0 Å². The standard InChI is InChI=1S/C20H28N4O/c1-3-5-13-25-19-11-8-9-17(14-19)15-23-20(21-4-2)24-16-18-10-6-7-12-22-18/h6-12,14H,3-5,13,15-16H2,1-2H3,(H2,21,23,24). The maximum absolute atomic E-state index is 5.76. The van der Waals surface area contributed by atoms with Crippen molar-refractivity contribution < 1.29 is 4.74 Å². The molecule has 1 heterocycles. The first-order valence-corrected chi connectivity index (χ1v) is 8.95. The van der Waals surface area contributed by atoms with Crippen molar-refractivity contribution in [3.63, 3.8) is 0 Å². The third kappa shape index (κ3) is 7.25. The predicted molar refractivity (Wildman–Crippen MR) is 103 cm³/mol. The molecule has 0 saturated heterocycles. The average Bonchev–Trinajstić information content (AvgIpc) is 2.65. The molecule has 0 bridgehead atoms. The predicted octanol–water partition coefficient (Wildman–Crippen LogP) is 3.52. The van der Waals surface area contributed by atoms with Crippen molar-refractivity contribution in [3.05, 3.63) is 59.9 Å². The van der Waals surface area contributed by atoms with Crippen LogP contribution >= 0.6 is 0 Å². The molecule has 0 amide bonds. The number of rotatable bonds is 9. The second kappa shape index (κ2) is 11.1. The number of unbranched alkanes of at least 4 members (excludes halogenated alkanes) is 1. The normalized spacial score (nSPS) is 11.2. The fourth-order valence-corrected chi connectivity index (χ4v) is 2.26. The van der Waals surface area contributed by atoms with E-state index in [-0.39, 0.29) is 0 Å². The lowest BCUT2D eigenvalue weighted by Crippen LogP contribution is -2.36. The smallest absolute Gasteiger partial charge is 0.191 e. The molecule has 0 atom stereocenters. The highest BCUT2D eigenvalue weighted by Gasteiger charge is 2.00. The van der Waals surface area contributed by atoms with Crippen molar-refractivity contribution in [2.45, 2.75) is 39.8 Å². The fourth-order valence-electron chi connectivity index (χ4n) is 2.26. The molecule has 2 aromatic rings. The van der Waals surface area contributed by atoms with Gasteiger partial charge < -0.3 is 15.4 Å². The van der Waals surface area contributed by atoms with Crippen LogP contribution in [0.1, 0.15) is 37.9 Å². The zero-order valence-corrected chi connectivity index (χ0v) is 15.2. The van der Waals surface area contributed by atoms with Gasteiger partial charge in [-0.25, -0.2) is 4.99 Å². The molecule has 0 spiro atoms. The minimum atomic E-state index is 0.600. The molecule has 5 heteroatoms. The molecule has 0 saturated carbocycles. The van der Waals surface area contributed by atoms with Crippen LogP contribution in [-0.4, -0.2) is 24.1 Å². The Hall–Kier alpha value is -2.56. The number of hydrogen-bond acceptors (Lipinski definition) is 3. The highest BCUT2D eigenvalue weighted by Crippen LogP contribution is 2.14. The molecular formula is C20H28N4O. The fraction of sp³-hybridized carbons (Fsp3) is 0.400. The summed E-state index contributed by atoms with van der Waals surface area (Å²) in [4.78, 5) is 8.96. The first-order chi connectivity index (χ1) is 12.3. The van der Waals surface area contributed by atoms with Gasteiger partial charge in [-0.15, -0.1) is 0 Å². The Morgan fingerprint density at radius 3 is 2.80 bits per heavy atom. The summed E-state index contributed by atoms with van der Waals surface area (Å²) in [5.41, 5.74) is 2.11. The van der Waals surface area contributed by atoms with Crippen LogP contribution in [0.3, 0.4) is 0 Å². The number of guanidine groups is 1. The number of nitrogens with zero attached hydrogens (tertiary/aromatic N) is 2. The molecule has 0 aliphatic carbocycles. The number of aromatic nitrogens is 1. The summed E-state index contributed by atoms with van der Waals surface area (Å²) in [6.45, 7) is 7.04. The van der Waals surface area contributed by atoms with Crippen LogP contribution < -0.4 is 15.4 Å². The Morgan fingerprint density at radius 1 is 1.12 bits per heavy atom. The number of pyridine rings is 1. The van der Waals surface area contributed by atoms with E-state index in [1.807, 2.05) is 30.3 Å². The Balaban J connectivity index is 1.92. The zero-order valence-electron chi connectivity index (χ0n) is 15.2. The number of hydrogen-bond donors (Lipinski definition) is 2.